The van der Waals surface area contributed by atoms with Crippen molar-refractivity contribution in [3.63, 3.8) is 0 Å². The van der Waals surface area contributed by atoms with Crippen LogP contribution in [0.2, 0.25) is 5.02 Å². The van der Waals surface area contributed by atoms with E-state index in [1.165, 1.54) is 0 Å². The lowest BCUT2D eigenvalue weighted by atomic mass is 9.96. The van der Waals surface area contributed by atoms with Gasteiger partial charge in [-0.2, -0.15) is 4.98 Å². The van der Waals surface area contributed by atoms with Crippen LogP contribution in [0.4, 0.5) is 5.69 Å². The summed E-state index contributed by atoms with van der Waals surface area (Å²) in [7, 11) is 0. The van der Waals surface area contributed by atoms with Crippen molar-refractivity contribution in [2.24, 2.45) is 0 Å². The number of rotatable bonds is 3. The third-order valence-corrected chi connectivity index (χ3v) is 3.85. The number of aromatic nitrogens is 2. The first-order chi connectivity index (χ1) is 11.8. The van der Waals surface area contributed by atoms with E-state index in [0.29, 0.717) is 33.6 Å². The SMILES string of the molecule is CC(C)(C)c1noc(-c2ccccc2C(=O)Nc2ccc(Cl)cc2)n1. The number of carbonyl (C=O) groups excluding carboxylic acids is 1. The van der Waals surface area contributed by atoms with Crippen molar-refractivity contribution in [2.75, 3.05) is 5.32 Å². The third-order valence-electron chi connectivity index (χ3n) is 3.60. The van der Waals surface area contributed by atoms with E-state index in [9.17, 15) is 4.79 Å². The summed E-state index contributed by atoms with van der Waals surface area (Å²) in [4.78, 5) is 17.1. The number of nitrogens with one attached hydrogen (secondary N) is 1. The lowest BCUT2D eigenvalue weighted by molar-refractivity contribution is 0.102. The van der Waals surface area contributed by atoms with E-state index in [-0.39, 0.29) is 11.3 Å². The summed E-state index contributed by atoms with van der Waals surface area (Å²) in [6.07, 6.45) is 0. The van der Waals surface area contributed by atoms with Gasteiger partial charge in [0, 0.05) is 16.1 Å². The monoisotopic (exact) mass is 355 g/mol. The molecule has 0 saturated heterocycles. The molecule has 2 aromatic carbocycles. The van der Waals surface area contributed by atoms with Gasteiger partial charge in [-0.1, -0.05) is 49.7 Å². The zero-order valence-electron chi connectivity index (χ0n) is 14.2. The fraction of sp³-hybridized carbons (Fsp3) is 0.211. The maximum atomic E-state index is 12.7. The Bertz CT molecular complexity index is 896. The summed E-state index contributed by atoms with van der Waals surface area (Å²) >= 11 is 5.87. The van der Waals surface area contributed by atoms with E-state index >= 15 is 0 Å². The zero-order valence-corrected chi connectivity index (χ0v) is 15.0. The maximum Gasteiger partial charge on any atom is 0.258 e. The molecule has 0 unspecified atom stereocenters. The van der Waals surface area contributed by atoms with Crippen LogP contribution in [0.3, 0.4) is 0 Å². The van der Waals surface area contributed by atoms with Crippen LogP contribution < -0.4 is 5.32 Å². The van der Waals surface area contributed by atoms with Gasteiger partial charge in [0.05, 0.1) is 11.1 Å². The first-order valence-corrected chi connectivity index (χ1v) is 8.23. The molecule has 0 radical (unpaired) electrons. The molecule has 5 nitrogen and oxygen atoms in total. The highest BCUT2D eigenvalue weighted by molar-refractivity contribution is 6.30. The van der Waals surface area contributed by atoms with E-state index in [4.69, 9.17) is 16.1 Å². The van der Waals surface area contributed by atoms with Gasteiger partial charge in [0.2, 0.25) is 0 Å². The van der Waals surface area contributed by atoms with Crippen LogP contribution in [-0.2, 0) is 5.41 Å². The van der Waals surface area contributed by atoms with Crippen LogP contribution in [-0.4, -0.2) is 16.0 Å². The number of anilines is 1. The second kappa shape index (κ2) is 6.69. The molecule has 0 fully saturated rings. The molecule has 1 N–H and O–H groups in total. The number of benzene rings is 2. The third kappa shape index (κ3) is 3.88. The molecular weight excluding hydrogens is 338 g/mol. The normalized spacial score (nSPS) is 11.4. The lowest BCUT2D eigenvalue weighted by Gasteiger charge is -2.11. The average molecular weight is 356 g/mol. The van der Waals surface area contributed by atoms with Crippen molar-refractivity contribution in [2.45, 2.75) is 26.2 Å². The second-order valence-corrected chi connectivity index (χ2v) is 7.12. The van der Waals surface area contributed by atoms with Gasteiger partial charge in [0.25, 0.3) is 11.8 Å². The Labute approximate surface area is 151 Å². The fourth-order valence-electron chi connectivity index (χ4n) is 2.24. The molecule has 128 valence electrons. The Balaban J connectivity index is 1.91. The molecule has 0 bridgehead atoms. The number of amides is 1. The number of nitrogens with zero attached hydrogens (tertiary/aromatic N) is 2. The summed E-state index contributed by atoms with van der Waals surface area (Å²) < 4.78 is 5.38. The predicted molar refractivity (Wildman–Crippen MR) is 97.8 cm³/mol. The minimum Gasteiger partial charge on any atom is -0.334 e. The van der Waals surface area contributed by atoms with Crippen molar-refractivity contribution in [1.82, 2.24) is 10.1 Å². The highest BCUT2D eigenvalue weighted by Gasteiger charge is 2.23. The van der Waals surface area contributed by atoms with Gasteiger partial charge in [-0.05, 0) is 36.4 Å². The number of hydrogen-bond donors (Lipinski definition) is 1. The highest BCUT2D eigenvalue weighted by atomic mass is 35.5. The molecule has 0 atom stereocenters. The molecule has 25 heavy (non-hydrogen) atoms. The molecule has 1 heterocycles. The molecule has 0 aliphatic carbocycles. The lowest BCUT2D eigenvalue weighted by Crippen LogP contribution is -2.14. The van der Waals surface area contributed by atoms with Gasteiger partial charge < -0.3 is 9.84 Å². The first-order valence-electron chi connectivity index (χ1n) is 7.85. The summed E-state index contributed by atoms with van der Waals surface area (Å²) in [5, 5.41) is 7.48. The number of carbonyl (C=O) groups is 1. The molecule has 0 aliphatic rings. The average Bonchev–Trinajstić information content (AvgIpc) is 3.07. The molecule has 6 heteroatoms. The van der Waals surface area contributed by atoms with E-state index in [2.05, 4.69) is 15.5 Å². The maximum absolute atomic E-state index is 12.7. The van der Waals surface area contributed by atoms with Crippen LogP contribution in [0, 0.1) is 0 Å². The van der Waals surface area contributed by atoms with Crippen molar-refractivity contribution in [3.8, 4) is 11.5 Å². The number of hydrogen-bond acceptors (Lipinski definition) is 4. The van der Waals surface area contributed by atoms with E-state index in [0.717, 1.165) is 0 Å². The van der Waals surface area contributed by atoms with Crippen LogP contribution >= 0.6 is 11.6 Å². The Kier molecular flexibility index (Phi) is 4.59. The molecule has 1 aromatic heterocycles. The van der Waals surface area contributed by atoms with Crippen molar-refractivity contribution >= 4 is 23.2 Å². The van der Waals surface area contributed by atoms with E-state index < -0.39 is 0 Å². The summed E-state index contributed by atoms with van der Waals surface area (Å²) in [5.74, 6) is 0.663. The predicted octanol–water partition coefficient (Wildman–Crippen LogP) is 4.94. The van der Waals surface area contributed by atoms with Crippen molar-refractivity contribution in [3.05, 3.63) is 64.9 Å². The van der Waals surface area contributed by atoms with Crippen LogP contribution in [0.1, 0.15) is 37.0 Å². The van der Waals surface area contributed by atoms with Gasteiger partial charge in [-0.3, -0.25) is 4.79 Å². The Morgan fingerprint density at radius 3 is 2.40 bits per heavy atom. The Morgan fingerprint density at radius 1 is 1.08 bits per heavy atom. The first kappa shape index (κ1) is 17.2. The minimum absolute atomic E-state index is 0.234. The zero-order chi connectivity index (χ0) is 18.0. The molecule has 3 rings (SSSR count). The largest absolute Gasteiger partial charge is 0.334 e. The molecular formula is C19H18ClN3O2. The summed E-state index contributed by atoms with van der Waals surface area (Å²) in [6.45, 7) is 6.00. The van der Waals surface area contributed by atoms with Gasteiger partial charge >= 0.3 is 0 Å². The quantitative estimate of drug-likeness (QED) is 0.722. The van der Waals surface area contributed by atoms with Crippen molar-refractivity contribution in [1.29, 1.82) is 0 Å². The molecule has 0 spiro atoms. The standard InChI is InChI=1S/C19H18ClN3O2/c1-19(2,3)18-22-17(25-23-18)15-7-5-4-6-14(15)16(24)21-13-10-8-12(20)9-11-13/h4-11H,1-3H3,(H,21,24). The Hall–Kier alpha value is -2.66. The van der Waals surface area contributed by atoms with Crippen molar-refractivity contribution < 1.29 is 9.32 Å². The van der Waals surface area contributed by atoms with Crippen LogP contribution in [0.5, 0.6) is 0 Å². The van der Waals surface area contributed by atoms with E-state index in [1.54, 1.807) is 42.5 Å². The smallest absolute Gasteiger partial charge is 0.258 e. The van der Waals surface area contributed by atoms with Crippen LogP contribution in [0.15, 0.2) is 53.1 Å². The number of halogens is 1. The molecule has 3 aromatic rings. The van der Waals surface area contributed by atoms with Gasteiger partial charge in [0.1, 0.15) is 0 Å². The highest BCUT2D eigenvalue weighted by Crippen LogP contribution is 2.26. The molecule has 0 saturated carbocycles. The Morgan fingerprint density at radius 2 is 1.76 bits per heavy atom. The minimum atomic E-state index is -0.256. The topological polar surface area (TPSA) is 68.0 Å². The van der Waals surface area contributed by atoms with E-state index in [1.807, 2.05) is 26.8 Å². The van der Waals surface area contributed by atoms with Gasteiger partial charge in [0.15, 0.2) is 5.82 Å². The molecule has 0 aliphatic heterocycles. The van der Waals surface area contributed by atoms with Gasteiger partial charge in [-0.25, -0.2) is 0 Å². The molecule has 1 amide bonds. The van der Waals surface area contributed by atoms with Crippen LogP contribution in [0.25, 0.3) is 11.5 Å². The fourth-order valence-corrected chi connectivity index (χ4v) is 2.36. The second-order valence-electron chi connectivity index (χ2n) is 6.68. The summed E-state index contributed by atoms with van der Waals surface area (Å²) in [6, 6.07) is 14.1. The summed E-state index contributed by atoms with van der Waals surface area (Å²) in [5.41, 5.74) is 1.48. The van der Waals surface area contributed by atoms with Gasteiger partial charge in [-0.15, -0.1) is 0 Å².